The molecule has 0 saturated heterocycles. The van der Waals surface area contributed by atoms with E-state index in [1.807, 2.05) is 36.4 Å². The van der Waals surface area contributed by atoms with Crippen LogP contribution in [0.15, 0.2) is 54.6 Å². The highest BCUT2D eigenvalue weighted by Crippen LogP contribution is 2.25. The SMILES string of the molecule is CC(C(=O)O)c1cccc(Oc2ccccc2)c1.O=C(O)CC(O)(CC(=O)O)C(=O)O. The first kappa shape index (κ1) is 25.1. The van der Waals surface area contributed by atoms with Crippen LogP contribution in [0.2, 0.25) is 0 Å². The Hall–Kier alpha value is -3.92. The van der Waals surface area contributed by atoms with Gasteiger partial charge in [0.15, 0.2) is 5.60 Å². The summed E-state index contributed by atoms with van der Waals surface area (Å²) in [6.07, 6.45) is -2.29. The highest BCUT2D eigenvalue weighted by Gasteiger charge is 2.40. The highest BCUT2D eigenvalue weighted by molar-refractivity contribution is 5.88. The van der Waals surface area contributed by atoms with E-state index in [2.05, 4.69) is 0 Å². The molecule has 0 heterocycles. The van der Waals surface area contributed by atoms with E-state index < -0.39 is 48.2 Å². The normalized spacial score (nSPS) is 11.4. The van der Waals surface area contributed by atoms with Gasteiger partial charge in [-0.1, -0.05) is 30.3 Å². The number of hydrogen-bond acceptors (Lipinski definition) is 6. The van der Waals surface area contributed by atoms with Gasteiger partial charge < -0.3 is 30.3 Å². The van der Waals surface area contributed by atoms with E-state index in [-0.39, 0.29) is 0 Å². The third-order valence-electron chi connectivity index (χ3n) is 3.99. The van der Waals surface area contributed by atoms with E-state index in [0.29, 0.717) is 5.75 Å². The Bertz CT molecular complexity index is 907. The van der Waals surface area contributed by atoms with Gasteiger partial charge in [0.1, 0.15) is 11.5 Å². The van der Waals surface area contributed by atoms with Crippen LogP contribution in [0.25, 0.3) is 0 Å². The molecule has 0 bridgehead atoms. The molecule has 166 valence electrons. The Morgan fingerprint density at radius 1 is 0.839 bits per heavy atom. The number of aliphatic hydroxyl groups is 1. The molecule has 0 amide bonds. The molecule has 0 aromatic heterocycles. The Labute approximate surface area is 177 Å². The van der Waals surface area contributed by atoms with Gasteiger partial charge in [-0.2, -0.15) is 0 Å². The second kappa shape index (κ2) is 11.3. The molecule has 0 spiro atoms. The van der Waals surface area contributed by atoms with Gasteiger partial charge >= 0.3 is 23.9 Å². The zero-order valence-electron chi connectivity index (χ0n) is 16.5. The summed E-state index contributed by atoms with van der Waals surface area (Å²) in [6, 6.07) is 16.6. The average molecular weight is 434 g/mol. The predicted octanol–water partition coefficient (Wildman–Crippen LogP) is 2.42. The number of aliphatic carboxylic acids is 4. The van der Waals surface area contributed by atoms with Crippen LogP contribution in [0.3, 0.4) is 0 Å². The molecule has 31 heavy (non-hydrogen) atoms. The zero-order chi connectivity index (χ0) is 23.6. The lowest BCUT2D eigenvalue weighted by Gasteiger charge is -2.18. The smallest absolute Gasteiger partial charge is 0.336 e. The second-order valence-electron chi connectivity index (χ2n) is 6.53. The highest BCUT2D eigenvalue weighted by atomic mass is 16.5. The maximum absolute atomic E-state index is 10.9. The van der Waals surface area contributed by atoms with E-state index in [1.165, 1.54) is 0 Å². The Morgan fingerprint density at radius 3 is 1.81 bits per heavy atom. The monoisotopic (exact) mass is 434 g/mol. The van der Waals surface area contributed by atoms with Crippen LogP contribution in [-0.2, 0) is 19.2 Å². The van der Waals surface area contributed by atoms with Crippen molar-refractivity contribution in [1.82, 2.24) is 0 Å². The van der Waals surface area contributed by atoms with Gasteiger partial charge in [0.2, 0.25) is 0 Å². The first-order valence-corrected chi connectivity index (χ1v) is 8.89. The van der Waals surface area contributed by atoms with Crippen molar-refractivity contribution in [3.63, 3.8) is 0 Å². The molecule has 1 atom stereocenters. The van der Waals surface area contributed by atoms with Crippen LogP contribution in [0.5, 0.6) is 11.5 Å². The summed E-state index contributed by atoms with van der Waals surface area (Å²) in [5.41, 5.74) is -2.01. The molecule has 2 aromatic carbocycles. The van der Waals surface area contributed by atoms with E-state index >= 15 is 0 Å². The molecule has 2 rings (SSSR count). The minimum atomic E-state index is -2.74. The quantitative estimate of drug-likeness (QED) is 0.393. The van der Waals surface area contributed by atoms with Crippen LogP contribution >= 0.6 is 0 Å². The molecule has 0 aliphatic rings. The number of carbonyl (C=O) groups is 4. The fraction of sp³-hybridized carbons (Fsp3) is 0.238. The molecule has 0 saturated carbocycles. The summed E-state index contributed by atoms with van der Waals surface area (Å²) in [6.45, 7) is 1.66. The van der Waals surface area contributed by atoms with Crippen molar-refractivity contribution in [3.05, 3.63) is 60.2 Å². The van der Waals surface area contributed by atoms with Crippen molar-refractivity contribution in [2.75, 3.05) is 0 Å². The number of rotatable bonds is 9. The number of para-hydroxylation sites is 1. The Kier molecular flexibility index (Phi) is 9.17. The van der Waals surface area contributed by atoms with E-state index in [4.69, 9.17) is 30.3 Å². The summed E-state index contributed by atoms with van der Waals surface area (Å²) < 4.78 is 5.66. The van der Waals surface area contributed by atoms with Crippen molar-refractivity contribution >= 4 is 23.9 Å². The van der Waals surface area contributed by atoms with Crippen LogP contribution in [0.4, 0.5) is 0 Å². The number of benzene rings is 2. The second-order valence-corrected chi connectivity index (χ2v) is 6.53. The number of carboxylic acid groups (broad SMARTS) is 4. The topological polar surface area (TPSA) is 179 Å². The van der Waals surface area contributed by atoms with Crippen LogP contribution in [0.1, 0.15) is 31.2 Å². The number of carboxylic acids is 4. The van der Waals surface area contributed by atoms with E-state index in [9.17, 15) is 19.2 Å². The van der Waals surface area contributed by atoms with Gasteiger partial charge in [-0.15, -0.1) is 0 Å². The first-order valence-electron chi connectivity index (χ1n) is 8.89. The summed E-state index contributed by atoms with van der Waals surface area (Å²) in [7, 11) is 0. The molecule has 0 fully saturated rings. The van der Waals surface area contributed by atoms with Crippen molar-refractivity contribution in [1.29, 1.82) is 0 Å². The molecular formula is C21H22O10. The summed E-state index contributed by atoms with van der Waals surface area (Å²) in [5.74, 6) is -5.02. The Morgan fingerprint density at radius 2 is 1.35 bits per heavy atom. The van der Waals surface area contributed by atoms with Gasteiger partial charge in [0.05, 0.1) is 18.8 Å². The fourth-order valence-corrected chi connectivity index (χ4v) is 2.33. The molecule has 2 aromatic rings. The van der Waals surface area contributed by atoms with Gasteiger partial charge in [0, 0.05) is 0 Å². The third kappa shape index (κ3) is 8.54. The van der Waals surface area contributed by atoms with Gasteiger partial charge in [-0.25, -0.2) is 4.79 Å². The molecule has 5 N–H and O–H groups in total. The van der Waals surface area contributed by atoms with Crippen LogP contribution in [-0.4, -0.2) is 55.0 Å². The van der Waals surface area contributed by atoms with Crippen LogP contribution in [0, 0.1) is 0 Å². The zero-order valence-corrected chi connectivity index (χ0v) is 16.5. The van der Waals surface area contributed by atoms with E-state index in [1.54, 1.807) is 25.1 Å². The predicted molar refractivity (Wildman–Crippen MR) is 106 cm³/mol. The van der Waals surface area contributed by atoms with Crippen molar-refractivity contribution in [2.24, 2.45) is 0 Å². The number of ether oxygens (including phenoxy) is 1. The average Bonchev–Trinajstić information content (AvgIpc) is 2.67. The molecule has 1 unspecified atom stereocenters. The minimum absolute atomic E-state index is 0.538. The summed E-state index contributed by atoms with van der Waals surface area (Å²) in [4.78, 5) is 41.4. The van der Waals surface area contributed by atoms with Gasteiger partial charge in [0.25, 0.3) is 0 Å². The van der Waals surface area contributed by atoms with Gasteiger partial charge in [-0.3, -0.25) is 14.4 Å². The molecule has 0 aliphatic carbocycles. The summed E-state index contributed by atoms with van der Waals surface area (Å²) in [5, 5.41) is 42.8. The maximum atomic E-state index is 10.9. The van der Waals surface area contributed by atoms with Crippen molar-refractivity contribution < 1.29 is 49.4 Å². The maximum Gasteiger partial charge on any atom is 0.336 e. The lowest BCUT2D eigenvalue weighted by Crippen LogP contribution is -2.42. The molecule has 0 radical (unpaired) electrons. The van der Waals surface area contributed by atoms with Gasteiger partial charge in [-0.05, 0) is 36.8 Å². The standard InChI is InChI=1S/C15H14O3.C6H8O7/c1-11(15(16)17)12-6-5-9-14(10-12)18-13-7-3-2-4-8-13;7-3(8)1-6(13,5(11)12)2-4(9)10/h2-11H,1H3,(H,16,17);13H,1-2H2,(H,7,8)(H,9,10)(H,11,12). The largest absolute Gasteiger partial charge is 0.481 e. The fourth-order valence-electron chi connectivity index (χ4n) is 2.33. The first-order chi connectivity index (χ1) is 14.4. The number of hydrogen-bond donors (Lipinski definition) is 5. The van der Waals surface area contributed by atoms with Crippen molar-refractivity contribution in [2.45, 2.75) is 31.3 Å². The Balaban J connectivity index is 0.000000330. The molecule has 10 heteroatoms. The molecule has 10 nitrogen and oxygen atoms in total. The molecule has 0 aliphatic heterocycles. The molecular weight excluding hydrogens is 412 g/mol. The third-order valence-corrected chi connectivity index (χ3v) is 3.99. The lowest BCUT2D eigenvalue weighted by molar-refractivity contribution is -0.170. The summed E-state index contributed by atoms with van der Waals surface area (Å²) >= 11 is 0. The van der Waals surface area contributed by atoms with Crippen molar-refractivity contribution in [3.8, 4) is 11.5 Å². The van der Waals surface area contributed by atoms with Crippen LogP contribution < -0.4 is 4.74 Å². The minimum Gasteiger partial charge on any atom is -0.481 e. The van der Waals surface area contributed by atoms with E-state index in [0.717, 1.165) is 11.3 Å². The lowest BCUT2D eigenvalue weighted by atomic mass is 9.96.